The van der Waals surface area contributed by atoms with Crippen LogP contribution in [0.4, 0.5) is 0 Å². The highest BCUT2D eigenvalue weighted by Crippen LogP contribution is 2.17. The Morgan fingerprint density at radius 2 is 1.81 bits per heavy atom. The molecule has 0 bridgehead atoms. The Bertz CT molecular complexity index is 174. The van der Waals surface area contributed by atoms with E-state index in [0.717, 1.165) is 19.3 Å². The summed E-state index contributed by atoms with van der Waals surface area (Å²) < 4.78 is 5.07. The van der Waals surface area contributed by atoms with E-state index in [0.29, 0.717) is 0 Å². The lowest BCUT2D eigenvalue weighted by atomic mass is 9.96. The SMILES string of the molecule is CCCCCCCC(C(=O)O)C(C)OC.N. The van der Waals surface area contributed by atoms with E-state index in [1.54, 1.807) is 7.11 Å². The predicted octanol–water partition coefficient (Wildman–Crippen LogP) is 3.24. The maximum Gasteiger partial charge on any atom is 0.309 e. The lowest BCUT2D eigenvalue weighted by Gasteiger charge is -2.18. The van der Waals surface area contributed by atoms with Gasteiger partial charge < -0.3 is 16.0 Å². The molecule has 0 aromatic rings. The zero-order valence-corrected chi connectivity index (χ0v) is 10.9. The number of methoxy groups -OCH3 is 1. The Balaban J connectivity index is 0. The summed E-state index contributed by atoms with van der Waals surface area (Å²) in [5.41, 5.74) is 0. The molecule has 4 nitrogen and oxygen atoms in total. The highest BCUT2D eigenvalue weighted by molar-refractivity contribution is 5.70. The summed E-state index contributed by atoms with van der Waals surface area (Å²) in [5.74, 6) is -1.09. The lowest BCUT2D eigenvalue weighted by Crippen LogP contribution is -2.27. The van der Waals surface area contributed by atoms with Crippen molar-refractivity contribution in [2.24, 2.45) is 5.92 Å². The van der Waals surface area contributed by atoms with Crippen LogP contribution in [0, 0.1) is 5.92 Å². The molecule has 0 aliphatic heterocycles. The number of carbonyl (C=O) groups is 1. The molecular weight excluding hydrogens is 206 g/mol. The van der Waals surface area contributed by atoms with E-state index >= 15 is 0 Å². The summed E-state index contributed by atoms with van der Waals surface area (Å²) in [6.45, 7) is 4.00. The maximum atomic E-state index is 10.9. The average Bonchev–Trinajstić information content (AvgIpc) is 2.22. The fraction of sp³-hybridized carbons (Fsp3) is 0.917. The molecule has 0 amide bonds. The van der Waals surface area contributed by atoms with Crippen molar-refractivity contribution in [3.8, 4) is 0 Å². The Morgan fingerprint density at radius 3 is 2.25 bits per heavy atom. The van der Waals surface area contributed by atoms with Crippen molar-refractivity contribution in [1.82, 2.24) is 6.15 Å². The minimum absolute atomic E-state index is 0. The Morgan fingerprint density at radius 1 is 1.25 bits per heavy atom. The fourth-order valence-electron chi connectivity index (χ4n) is 1.69. The number of hydrogen-bond donors (Lipinski definition) is 2. The zero-order valence-electron chi connectivity index (χ0n) is 10.9. The summed E-state index contributed by atoms with van der Waals surface area (Å²) in [4.78, 5) is 10.9. The van der Waals surface area contributed by atoms with E-state index in [2.05, 4.69) is 6.92 Å². The molecule has 4 heteroatoms. The first kappa shape index (κ1) is 17.8. The van der Waals surface area contributed by atoms with Crippen LogP contribution in [-0.2, 0) is 9.53 Å². The molecule has 0 aromatic heterocycles. The zero-order chi connectivity index (χ0) is 11.7. The summed E-state index contributed by atoms with van der Waals surface area (Å²) in [7, 11) is 1.57. The highest BCUT2D eigenvalue weighted by atomic mass is 16.5. The second-order valence-corrected chi connectivity index (χ2v) is 4.09. The van der Waals surface area contributed by atoms with Crippen LogP contribution in [0.2, 0.25) is 0 Å². The van der Waals surface area contributed by atoms with Gasteiger partial charge in [0.1, 0.15) is 0 Å². The average molecular weight is 233 g/mol. The second kappa shape index (κ2) is 10.9. The van der Waals surface area contributed by atoms with E-state index in [1.165, 1.54) is 19.3 Å². The molecule has 0 rings (SSSR count). The third-order valence-corrected chi connectivity index (χ3v) is 2.87. The van der Waals surface area contributed by atoms with Crippen LogP contribution < -0.4 is 6.15 Å². The van der Waals surface area contributed by atoms with Gasteiger partial charge >= 0.3 is 5.97 Å². The molecule has 98 valence electrons. The summed E-state index contributed by atoms with van der Waals surface area (Å²) >= 11 is 0. The topological polar surface area (TPSA) is 81.5 Å². The first-order chi connectivity index (χ1) is 7.13. The molecule has 0 radical (unpaired) electrons. The summed E-state index contributed by atoms with van der Waals surface area (Å²) in [6, 6.07) is 0. The molecule has 2 atom stereocenters. The van der Waals surface area contributed by atoms with Crippen molar-refractivity contribution >= 4 is 5.97 Å². The number of carboxylic acid groups (broad SMARTS) is 1. The van der Waals surface area contributed by atoms with Crippen LogP contribution in [0.3, 0.4) is 0 Å². The largest absolute Gasteiger partial charge is 0.481 e. The molecule has 16 heavy (non-hydrogen) atoms. The number of carboxylic acids is 1. The molecule has 0 saturated carbocycles. The van der Waals surface area contributed by atoms with Gasteiger partial charge in [-0.25, -0.2) is 0 Å². The molecule has 0 aliphatic rings. The highest BCUT2D eigenvalue weighted by Gasteiger charge is 2.23. The molecule has 2 unspecified atom stereocenters. The molecular formula is C12H27NO3. The molecule has 0 aliphatic carbocycles. The number of unbranched alkanes of at least 4 members (excludes halogenated alkanes) is 4. The number of rotatable bonds is 9. The minimum Gasteiger partial charge on any atom is -0.481 e. The van der Waals surface area contributed by atoms with Gasteiger partial charge in [-0.05, 0) is 13.3 Å². The van der Waals surface area contributed by atoms with E-state index in [1.807, 2.05) is 6.92 Å². The summed E-state index contributed by atoms with van der Waals surface area (Å²) in [5, 5.41) is 9.00. The van der Waals surface area contributed by atoms with Gasteiger partial charge in [0.15, 0.2) is 0 Å². The summed E-state index contributed by atoms with van der Waals surface area (Å²) in [6.07, 6.45) is 6.35. The van der Waals surface area contributed by atoms with Crippen molar-refractivity contribution in [2.75, 3.05) is 7.11 Å². The van der Waals surface area contributed by atoms with Crippen molar-refractivity contribution in [3.05, 3.63) is 0 Å². The lowest BCUT2D eigenvalue weighted by molar-refractivity contribution is -0.146. The molecule has 0 fully saturated rings. The third-order valence-electron chi connectivity index (χ3n) is 2.87. The van der Waals surface area contributed by atoms with Gasteiger partial charge in [0, 0.05) is 7.11 Å². The van der Waals surface area contributed by atoms with Gasteiger partial charge in [-0.3, -0.25) is 4.79 Å². The van der Waals surface area contributed by atoms with Gasteiger partial charge in [-0.15, -0.1) is 0 Å². The Hall–Kier alpha value is -0.610. The molecule has 0 aromatic carbocycles. The van der Waals surface area contributed by atoms with Crippen molar-refractivity contribution in [2.45, 2.75) is 58.5 Å². The standard InChI is InChI=1S/C12H24O3.H3N/c1-4-5-6-7-8-9-11(12(13)14)10(2)15-3;/h10-11H,4-9H2,1-3H3,(H,13,14);1H3. The van der Waals surface area contributed by atoms with Crippen LogP contribution in [0.25, 0.3) is 0 Å². The number of hydrogen-bond acceptors (Lipinski definition) is 3. The molecule has 4 N–H and O–H groups in total. The van der Waals surface area contributed by atoms with Gasteiger partial charge in [0.25, 0.3) is 0 Å². The Labute approximate surface area is 99.0 Å². The predicted molar refractivity (Wildman–Crippen MR) is 66.0 cm³/mol. The number of aliphatic carboxylic acids is 1. The van der Waals surface area contributed by atoms with E-state index in [-0.39, 0.29) is 18.2 Å². The smallest absolute Gasteiger partial charge is 0.309 e. The maximum absolute atomic E-state index is 10.9. The van der Waals surface area contributed by atoms with Gasteiger partial charge in [-0.2, -0.15) is 0 Å². The van der Waals surface area contributed by atoms with Gasteiger partial charge in [0.2, 0.25) is 0 Å². The van der Waals surface area contributed by atoms with Crippen LogP contribution >= 0.6 is 0 Å². The second-order valence-electron chi connectivity index (χ2n) is 4.09. The van der Waals surface area contributed by atoms with Crippen LogP contribution in [0.15, 0.2) is 0 Å². The van der Waals surface area contributed by atoms with Crippen molar-refractivity contribution in [3.63, 3.8) is 0 Å². The Kier molecular flexibility index (Phi) is 12.1. The van der Waals surface area contributed by atoms with Gasteiger partial charge in [0.05, 0.1) is 12.0 Å². The van der Waals surface area contributed by atoms with Crippen LogP contribution in [-0.4, -0.2) is 24.3 Å². The molecule has 0 heterocycles. The van der Waals surface area contributed by atoms with Crippen LogP contribution in [0.1, 0.15) is 52.4 Å². The third kappa shape index (κ3) is 7.65. The van der Waals surface area contributed by atoms with Crippen molar-refractivity contribution < 1.29 is 14.6 Å². The van der Waals surface area contributed by atoms with E-state index < -0.39 is 5.97 Å². The minimum atomic E-state index is -0.736. The quantitative estimate of drug-likeness (QED) is 0.599. The normalized spacial score (nSPS) is 13.9. The first-order valence-corrected chi connectivity index (χ1v) is 5.89. The monoisotopic (exact) mass is 233 g/mol. The van der Waals surface area contributed by atoms with Gasteiger partial charge in [-0.1, -0.05) is 39.0 Å². The molecule has 0 spiro atoms. The fourth-order valence-corrected chi connectivity index (χ4v) is 1.69. The van der Waals surface area contributed by atoms with E-state index in [9.17, 15) is 4.79 Å². The molecule has 0 saturated heterocycles. The van der Waals surface area contributed by atoms with Crippen molar-refractivity contribution in [1.29, 1.82) is 0 Å². The van der Waals surface area contributed by atoms with E-state index in [4.69, 9.17) is 9.84 Å². The van der Waals surface area contributed by atoms with Crippen LogP contribution in [0.5, 0.6) is 0 Å². The number of ether oxygens (including phenoxy) is 1. The first-order valence-electron chi connectivity index (χ1n) is 5.89.